The molecule has 0 unspecified atom stereocenters. The van der Waals surface area contributed by atoms with E-state index in [4.69, 9.17) is 10.5 Å². The maximum Gasteiger partial charge on any atom is 0.260 e. The zero-order valence-corrected chi connectivity index (χ0v) is 12.1. The third-order valence-corrected chi connectivity index (χ3v) is 3.80. The van der Waals surface area contributed by atoms with Gasteiger partial charge in [0.1, 0.15) is 0 Å². The van der Waals surface area contributed by atoms with Crippen molar-refractivity contribution < 1.29 is 13.2 Å². The Bertz CT molecular complexity index is 489. The van der Waals surface area contributed by atoms with Crippen molar-refractivity contribution in [2.45, 2.75) is 37.8 Å². The van der Waals surface area contributed by atoms with Crippen molar-refractivity contribution in [2.75, 3.05) is 18.9 Å². The van der Waals surface area contributed by atoms with Gasteiger partial charge in [-0.25, -0.2) is 18.1 Å². The molecule has 0 saturated heterocycles. The molecular weight excluding hydrogens is 266 g/mol. The monoisotopic (exact) mass is 287 g/mol. The van der Waals surface area contributed by atoms with Crippen molar-refractivity contribution >= 4 is 15.7 Å². The van der Waals surface area contributed by atoms with Gasteiger partial charge >= 0.3 is 0 Å². The molecule has 0 bridgehead atoms. The van der Waals surface area contributed by atoms with E-state index in [1.807, 2.05) is 13.8 Å². The van der Waals surface area contributed by atoms with Gasteiger partial charge in [0.2, 0.25) is 0 Å². The molecule has 0 aliphatic carbocycles. The molecule has 7 heteroatoms. The number of unbranched alkanes of at least 4 members (excludes halogenated alkanes) is 1. The van der Waals surface area contributed by atoms with Gasteiger partial charge in [0.25, 0.3) is 10.0 Å². The molecule has 0 aliphatic rings. The van der Waals surface area contributed by atoms with Crippen LogP contribution in [0.1, 0.15) is 26.7 Å². The molecule has 3 N–H and O–H groups in total. The molecule has 0 radical (unpaired) electrons. The Morgan fingerprint density at radius 3 is 2.79 bits per heavy atom. The first-order chi connectivity index (χ1) is 8.93. The topological polar surface area (TPSA) is 94.3 Å². The molecule has 19 heavy (non-hydrogen) atoms. The molecular formula is C12H21N3O3S. The Labute approximate surface area is 114 Å². The number of pyridine rings is 1. The summed E-state index contributed by atoms with van der Waals surface area (Å²) in [6, 6.07) is 3.11. The van der Waals surface area contributed by atoms with E-state index < -0.39 is 10.0 Å². The van der Waals surface area contributed by atoms with Crippen LogP contribution in [0, 0.1) is 0 Å². The van der Waals surface area contributed by atoms with E-state index in [1.54, 1.807) is 6.07 Å². The van der Waals surface area contributed by atoms with Crippen LogP contribution in [0.2, 0.25) is 0 Å². The highest BCUT2D eigenvalue weighted by molar-refractivity contribution is 7.89. The fourth-order valence-electron chi connectivity index (χ4n) is 1.45. The standard InChI is InChI=1S/C12H21N3O3S/c1-10(2)18-9-4-3-8-15-19(16,17)12-11(13)6-5-7-14-12/h5-7,10,15H,3-4,8-9,13H2,1-2H3. The molecule has 1 rings (SSSR count). The van der Waals surface area contributed by atoms with Crippen LogP contribution in [0.3, 0.4) is 0 Å². The predicted octanol–water partition coefficient (Wildman–Crippen LogP) is 1.15. The van der Waals surface area contributed by atoms with Crippen molar-refractivity contribution in [1.82, 2.24) is 9.71 Å². The SMILES string of the molecule is CC(C)OCCCCNS(=O)(=O)c1ncccc1N. The normalized spacial score (nSPS) is 11.9. The van der Waals surface area contributed by atoms with Crippen molar-refractivity contribution in [3.8, 4) is 0 Å². The van der Waals surface area contributed by atoms with Gasteiger partial charge in [-0.1, -0.05) is 0 Å². The lowest BCUT2D eigenvalue weighted by atomic mass is 10.3. The molecule has 0 fully saturated rings. The highest BCUT2D eigenvalue weighted by Gasteiger charge is 2.17. The van der Waals surface area contributed by atoms with Crippen LogP contribution in [0.5, 0.6) is 0 Å². The van der Waals surface area contributed by atoms with Crippen molar-refractivity contribution in [3.63, 3.8) is 0 Å². The lowest BCUT2D eigenvalue weighted by Gasteiger charge is -2.09. The molecule has 108 valence electrons. The van der Waals surface area contributed by atoms with Crippen LogP contribution in [0.15, 0.2) is 23.4 Å². The van der Waals surface area contributed by atoms with Gasteiger partial charge in [-0.05, 0) is 38.8 Å². The van der Waals surface area contributed by atoms with Gasteiger partial charge in [0.05, 0.1) is 11.8 Å². The van der Waals surface area contributed by atoms with Gasteiger partial charge < -0.3 is 10.5 Å². The fraction of sp³-hybridized carbons (Fsp3) is 0.583. The first-order valence-corrected chi connectivity index (χ1v) is 7.73. The zero-order valence-electron chi connectivity index (χ0n) is 11.3. The summed E-state index contributed by atoms with van der Waals surface area (Å²) in [6.45, 7) is 4.91. The van der Waals surface area contributed by atoms with Crippen LogP contribution >= 0.6 is 0 Å². The van der Waals surface area contributed by atoms with Crippen LogP contribution < -0.4 is 10.5 Å². The highest BCUT2D eigenvalue weighted by Crippen LogP contribution is 2.13. The van der Waals surface area contributed by atoms with Crippen LogP contribution in [-0.4, -0.2) is 32.7 Å². The number of nitrogens with zero attached hydrogens (tertiary/aromatic N) is 1. The summed E-state index contributed by atoms with van der Waals surface area (Å²) in [6.07, 6.45) is 3.11. The number of nitrogens with two attached hydrogens (primary N) is 1. The third kappa shape index (κ3) is 5.54. The quantitative estimate of drug-likeness (QED) is 0.699. The maximum absolute atomic E-state index is 11.9. The average Bonchev–Trinajstić information content (AvgIpc) is 2.33. The van der Waals surface area contributed by atoms with Gasteiger partial charge in [-0.2, -0.15) is 0 Å². The van der Waals surface area contributed by atoms with Crippen LogP contribution in [0.4, 0.5) is 5.69 Å². The molecule has 0 aromatic carbocycles. The van der Waals surface area contributed by atoms with Crippen LogP contribution in [-0.2, 0) is 14.8 Å². The molecule has 1 heterocycles. The Balaban J connectivity index is 2.38. The zero-order chi connectivity index (χ0) is 14.3. The molecule has 1 aromatic rings. The lowest BCUT2D eigenvalue weighted by Crippen LogP contribution is -2.26. The summed E-state index contributed by atoms with van der Waals surface area (Å²) in [5.74, 6) is 0. The van der Waals surface area contributed by atoms with Crippen molar-refractivity contribution in [2.24, 2.45) is 0 Å². The summed E-state index contributed by atoms with van der Waals surface area (Å²) in [5.41, 5.74) is 5.74. The van der Waals surface area contributed by atoms with E-state index in [1.165, 1.54) is 12.3 Å². The van der Waals surface area contributed by atoms with Crippen molar-refractivity contribution in [3.05, 3.63) is 18.3 Å². The second-order valence-electron chi connectivity index (χ2n) is 4.42. The Kier molecular flexibility index (Phi) is 6.20. The van der Waals surface area contributed by atoms with E-state index in [0.29, 0.717) is 19.6 Å². The lowest BCUT2D eigenvalue weighted by molar-refractivity contribution is 0.0762. The molecule has 0 aliphatic heterocycles. The number of anilines is 1. The van der Waals surface area contributed by atoms with Crippen molar-refractivity contribution in [1.29, 1.82) is 0 Å². The summed E-state index contributed by atoms with van der Waals surface area (Å²) < 4.78 is 31.7. The van der Waals surface area contributed by atoms with Gasteiger partial charge in [-0.15, -0.1) is 0 Å². The first-order valence-electron chi connectivity index (χ1n) is 6.25. The van der Waals surface area contributed by atoms with E-state index in [9.17, 15) is 8.42 Å². The average molecular weight is 287 g/mol. The number of nitrogens with one attached hydrogen (secondary N) is 1. The summed E-state index contributed by atoms with van der Waals surface area (Å²) in [7, 11) is -3.62. The second kappa shape index (κ2) is 7.42. The van der Waals surface area contributed by atoms with E-state index in [-0.39, 0.29) is 16.8 Å². The molecule has 6 nitrogen and oxygen atoms in total. The number of sulfonamides is 1. The van der Waals surface area contributed by atoms with Crippen LogP contribution in [0.25, 0.3) is 0 Å². The summed E-state index contributed by atoms with van der Waals surface area (Å²) in [4.78, 5) is 3.79. The van der Waals surface area contributed by atoms with Gasteiger partial charge in [0, 0.05) is 19.3 Å². The number of rotatable bonds is 8. The molecule has 0 atom stereocenters. The Morgan fingerprint density at radius 2 is 2.16 bits per heavy atom. The molecule has 1 aromatic heterocycles. The second-order valence-corrected chi connectivity index (χ2v) is 6.10. The molecule has 0 saturated carbocycles. The van der Waals surface area contributed by atoms with Gasteiger partial charge in [-0.3, -0.25) is 0 Å². The smallest absolute Gasteiger partial charge is 0.260 e. The molecule has 0 spiro atoms. The van der Waals surface area contributed by atoms with E-state index >= 15 is 0 Å². The number of nitrogen functional groups attached to an aromatic ring is 1. The predicted molar refractivity (Wildman–Crippen MR) is 74.2 cm³/mol. The molecule has 0 amide bonds. The van der Waals surface area contributed by atoms with Gasteiger partial charge in [0.15, 0.2) is 5.03 Å². The maximum atomic E-state index is 11.9. The first kappa shape index (κ1) is 15.9. The Hall–Kier alpha value is -1.18. The van der Waals surface area contributed by atoms with E-state index in [0.717, 1.165) is 6.42 Å². The number of ether oxygens (including phenoxy) is 1. The summed E-state index contributed by atoms with van der Waals surface area (Å²) >= 11 is 0. The minimum Gasteiger partial charge on any atom is -0.396 e. The number of hydrogen-bond donors (Lipinski definition) is 2. The fourth-order valence-corrected chi connectivity index (χ4v) is 2.58. The largest absolute Gasteiger partial charge is 0.396 e. The number of hydrogen-bond acceptors (Lipinski definition) is 5. The minimum absolute atomic E-state index is 0.117. The third-order valence-electron chi connectivity index (χ3n) is 2.37. The highest BCUT2D eigenvalue weighted by atomic mass is 32.2. The van der Waals surface area contributed by atoms with E-state index in [2.05, 4.69) is 9.71 Å². The minimum atomic E-state index is -3.62. The Morgan fingerprint density at radius 1 is 1.42 bits per heavy atom. The number of aromatic nitrogens is 1. The summed E-state index contributed by atoms with van der Waals surface area (Å²) in [5, 5.41) is -0.117.